The molecule has 0 unspecified atom stereocenters. The van der Waals surface area contributed by atoms with Gasteiger partial charge >= 0.3 is 12.1 Å². The molecule has 0 aliphatic carbocycles. The maximum atomic E-state index is 12.7. The fraction of sp³-hybridized carbons (Fsp3) is 0.118. The molecule has 0 saturated heterocycles. The first-order valence-electron chi connectivity index (χ1n) is 6.84. The Bertz CT molecular complexity index is 783. The average Bonchev–Trinajstić information content (AvgIpc) is 2.58. The van der Waals surface area contributed by atoms with Crippen LogP contribution >= 0.6 is 0 Å². The number of methoxy groups -OCH3 is 1. The predicted molar refractivity (Wildman–Crippen MR) is 83.1 cm³/mol. The van der Waals surface area contributed by atoms with Crippen LogP contribution in [0.25, 0.3) is 6.08 Å². The third kappa shape index (κ3) is 4.77. The van der Waals surface area contributed by atoms with Crippen LogP contribution in [0.5, 0.6) is 0 Å². The summed E-state index contributed by atoms with van der Waals surface area (Å²) in [4.78, 5) is 11.1. The number of rotatable bonds is 4. The lowest BCUT2D eigenvalue weighted by Crippen LogP contribution is -2.03. The van der Waals surface area contributed by atoms with E-state index in [1.165, 1.54) is 31.4 Å². The van der Waals surface area contributed by atoms with E-state index in [1.54, 1.807) is 24.3 Å². The van der Waals surface area contributed by atoms with Crippen LogP contribution < -0.4 is 0 Å². The molecule has 0 fully saturated rings. The second kappa shape index (κ2) is 7.54. The van der Waals surface area contributed by atoms with E-state index in [0.717, 1.165) is 12.1 Å². The first-order chi connectivity index (χ1) is 11.4. The van der Waals surface area contributed by atoms with E-state index in [-0.39, 0.29) is 5.69 Å². The van der Waals surface area contributed by atoms with Crippen LogP contribution in [0.15, 0.2) is 64.8 Å². The minimum Gasteiger partial charge on any atom is -0.466 e. The largest absolute Gasteiger partial charge is 0.466 e. The van der Waals surface area contributed by atoms with Crippen molar-refractivity contribution in [3.05, 3.63) is 65.7 Å². The minimum atomic E-state index is -4.44. The molecule has 0 heterocycles. The van der Waals surface area contributed by atoms with Crippen molar-refractivity contribution in [3.63, 3.8) is 0 Å². The molecule has 0 atom stereocenters. The zero-order valence-corrected chi connectivity index (χ0v) is 12.6. The lowest BCUT2D eigenvalue weighted by Gasteiger charge is -2.06. The highest BCUT2D eigenvalue weighted by atomic mass is 19.4. The molecule has 0 radical (unpaired) electrons. The van der Waals surface area contributed by atoms with E-state index in [4.69, 9.17) is 0 Å². The molecule has 0 amide bonds. The second-order valence-electron chi connectivity index (χ2n) is 4.66. The number of azo groups is 1. The number of hydrogen-bond donors (Lipinski definition) is 0. The molecule has 7 heteroatoms. The van der Waals surface area contributed by atoms with Crippen molar-refractivity contribution in [3.8, 4) is 0 Å². The van der Waals surface area contributed by atoms with Crippen molar-refractivity contribution in [1.29, 1.82) is 0 Å². The summed E-state index contributed by atoms with van der Waals surface area (Å²) < 4.78 is 42.5. The number of ether oxygens (including phenoxy) is 1. The van der Waals surface area contributed by atoms with Gasteiger partial charge in [-0.3, -0.25) is 0 Å². The van der Waals surface area contributed by atoms with E-state index in [2.05, 4.69) is 15.0 Å². The van der Waals surface area contributed by atoms with Crippen molar-refractivity contribution in [2.45, 2.75) is 6.18 Å². The van der Waals surface area contributed by atoms with Crippen LogP contribution in [0.1, 0.15) is 11.1 Å². The Morgan fingerprint density at radius 2 is 1.83 bits per heavy atom. The fourth-order valence-electron chi connectivity index (χ4n) is 1.80. The molecule has 0 aromatic heterocycles. The maximum absolute atomic E-state index is 12.7. The highest BCUT2D eigenvalue weighted by Gasteiger charge is 2.30. The summed E-state index contributed by atoms with van der Waals surface area (Å²) in [6.07, 6.45) is -1.72. The smallest absolute Gasteiger partial charge is 0.416 e. The Kier molecular flexibility index (Phi) is 5.47. The van der Waals surface area contributed by atoms with Gasteiger partial charge in [-0.25, -0.2) is 4.79 Å². The first-order valence-corrected chi connectivity index (χ1v) is 6.84. The third-order valence-corrected chi connectivity index (χ3v) is 2.98. The Morgan fingerprint density at radius 1 is 1.08 bits per heavy atom. The Hall–Kier alpha value is -2.96. The van der Waals surface area contributed by atoms with Crippen LogP contribution in [0, 0.1) is 0 Å². The zero-order valence-electron chi connectivity index (χ0n) is 12.6. The topological polar surface area (TPSA) is 51.0 Å². The summed E-state index contributed by atoms with van der Waals surface area (Å²) in [6.45, 7) is 0. The van der Waals surface area contributed by atoms with Gasteiger partial charge in [0.2, 0.25) is 0 Å². The molecule has 0 spiro atoms. The number of alkyl halides is 3. The van der Waals surface area contributed by atoms with Crippen LogP contribution in [0.2, 0.25) is 0 Å². The summed E-state index contributed by atoms with van der Waals surface area (Å²) in [7, 11) is 1.26. The number of nitrogens with zero attached hydrogens (tertiary/aromatic N) is 2. The predicted octanol–water partition coefficient (Wildman–Crippen LogP) is 5.31. The van der Waals surface area contributed by atoms with Gasteiger partial charge in [-0.05, 0) is 30.3 Å². The van der Waals surface area contributed by atoms with Gasteiger partial charge < -0.3 is 4.74 Å². The van der Waals surface area contributed by atoms with Gasteiger partial charge in [0.05, 0.1) is 24.0 Å². The molecule has 0 saturated carbocycles. The van der Waals surface area contributed by atoms with Crippen LogP contribution in [-0.2, 0) is 15.7 Å². The van der Waals surface area contributed by atoms with Crippen molar-refractivity contribution in [2.75, 3.05) is 7.11 Å². The number of carbonyl (C=O) groups is 1. The van der Waals surface area contributed by atoms with Crippen molar-refractivity contribution >= 4 is 23.4 Å². The van der Waals surface area contributed by atoms with Crippen LogP contribution in [0.3, 0.4) is 0 Å². The molecule has 0 bridgehead atoms. The van der Waals surface area contributed by atoms with Gasteiger partial charge in [-0.1, -0.05) is 24.3 Å². The van der Waals surface area contributed by atoms with Crippen molar-refractivity contribution < 1.29 is 22.7 Å². The van der Waals surface area contributed by atoms with Gasteiger partial charge in [0.25, 0.3) is 0 Å². The van der Waals surface area contributed by atoms with E-state index in [1.807, 2.05) is 0 Å². The summed E-state index contributed by atoms with van der Waals surface area (Å²) in [5.74, 6) is -0.528. The maximum Gasteiger partial charge on any atom is 0.416 e. The summed E-state index contributed by atoms with van der Waals surface area (Å²) in [6, 6.07) is 11.3. The highest BCUT2D eigenvalue weighted by Crippen LogP contribution is 2.32. The molecule has 24 heavy (non-hydrogen) atoms. The average molecular weight is 334 g/mol. The second-order valence-corrected chi connectivity index (χ2v) is 4.66. The lowest BCUT2D eigenvalue weighted by molar-refractivity contribution is -0.137. The monoisotopic (exact) mass is 334 g/mol. The van der Waals surface area contributed by atoms with Gasteiger partial charge in [0, 0.05) is 11.6 Å². The number of hydrogen-bond acceptors (Lipinski definition) is 4. The van der Waals surface area contributed by atoms with Crippen LogP contribution in [0.4, 0.5) is 24.5 Å². The molecule has 2 aromatic carbocycles. The first kappa shape index (κ1) is 17.4. The normalized spacial score (nSPS) is 12.0. The van der Waals surface area contributed by atoms with Gasteiger partial charge in [0.1, 0.15) is 0 Å². The Labute approximate surface area is 136 Å². The molecule has 2 aromatic rings. The molecular weight excluding hydrogens is 321 g/mol. The molecule has 124 valence electrons. The number of benzene rings is 2. The standard InChI is InChI=1S/C17H13F3N2O2/c1-24-16(23)10-9-12-5-2-3-8-15(12)22-21-14-7-4-6-13(11-14)17(18,19)20/h2-11H,1H3/b10-9+,22-21-. The molecule has 0 aliphatic heterocycles. The van der Waals surface area contributed by atoms with Gasteiger partial charge in [0.15, 0.2) is 0 Å². The third-order valence-electron chi connectivity index (χ3n) is 2.98. The summed E-state index contributed by atoms with van der Waals surface area (Å²) in [5, 5.41) is 7.79. The molecular formula is C17H13F3N2O2. The number of esters is 1. The van der Waals surface area contributed by atoms with E-state index >= 15 is 0 Å². The number of carbonyl (C=O) groups excluding carboxylic acids is 1. The summed E-state index contributed by atoms with van der Waals surface area (Å²) in [5.41, 5.74) is 0.281. The van der Waals surface area contributed by atoms with Crippen molar-refractivity contribution in [2.24, 2.45) is 10.2 Å². The Morgan fingerprint density at radius 3 is 2.54 bits per heavy atom. The molecule has 2 rings (SSSR count). The van der Waals surface area contributed by atoms with Gasteiger partial charge in [-0.15, -0.1) is 5.11 Å². The fourth-order valence-corrected chi connectivity index (χ4v) is 1.80. The quantitative estimate of drug-likeness (QED) is 0.432. The highest BCUT2D eigenvalue weighted by molar-refractivity contribution is 5.88. The minimum absolute atomic E-state index is 0.0802. The Balaban J connectivity index is 2.27. The van der Waals surface area contributed by atoms with E-state index < -0.39 is 17.7 Å². The zero-order chi connectivity index (χ0) is 17.6. The SMILES string of the molecule is COC(=O)/C=C/c1ccccc1/N=N\c1cccc(C(F)(F)F)c1. The van der Waals surface area contributed by atoms with Crippen molar-refractivity contribution in [1.82, 2.24) is 0 Å². The van der Waals surface area contributed by atoms with Crippen LogP contribution in [-0.4, -0.2) is 13.1 Å². The molecule has 4 nitrogen and oxygen atoms in total. The molecule has 0 N–H and O–H groups in total. The summed E-state index contributed by atoms with van der Waals surface area (Å²) >= 11 is 0. The molecule has 0 aliphatic rings. The lowest BCUT2D eigenvalue weighted by atomic mass is 10.1. The van der Waals surface area contributed by atoms with Gasteiger partial charge in [-0.2, -0.15) is 18.3 Å². The number of halogens is 3. The van der Waals surface area contributed by atoms with E-state index in [0.29, 0.717) is 11.3 Å². The van der Waals surface area contributed by atoms with E-state index in [9.17, 15) is 18.0 Å².